The number of benzene rings is 2. The molecule has 1 amide bonds. The molecule has 0 radical (unpaired) electrons. The summed E-state index contributed by atoms with van der Waals surface area (Å²) >= 11 is 0. The first-order chi connectivity index (χ1) is 13.4. The number of terminal acetylenes is 1. The van der Waals surface area contributed by atoms with Gasteiger partial charge in [-0.1, -0.05) is 60.5 Å². The maximum atomic E-state index is 12.2. The molecule has 28 heavy (non-hydrogen) atoms. The van der Waals surface area contributed by atoms with E-state index in [0.717, 1.165) is 22.3 Å². The van der Waals surface area contributed by atoms with E-state index < -0.39 is 18.4 Å². The molecule has 0 aromatic heterocycles. The third kappa shape index (κ3) is 4.49. The molecule has 0 heterocycles. The number of allylic oxidation sites excluding steroid dienone is 2. The molecule has 2 aromatic rings. The molecule has 5 heteroatoms. The van der Waals surface area contributed by atoms with E-state index in [9.17, 15) is 14.7 Å². The number of rotatable bonds is 6. The standard InChI is InChI=1S/C23H21NO4/c1-4-15(3)21-18(16-10-7-6-8-11-16)12-9-13-19(21)22(27)17(5-2)23(28)24-14-20(25)26/h2,4,6-13,27H,14H2,1,3H3,(H,24,28)(H,25,26)/b15-4-,22-17-. The Balaban J connectivity index is 2.69. The van der Waals surface area contributed by atoms with Crippen LogP contribution in [-0.4, -0.2) is 28.6 Å². The molecule has 0 aliphatic rings. The smallest absolute Gasteiger partial charge is 0.322 e. The van der Waals surface area contributed by atoms with E-state index in [2.05, 4.69) is 11.2 Å². The van der Waals surface area contributed by atoms with E-state index in [1.54, 1.807) is 12.1 Å². The number of aliphatic hydroxyl groups excluding tert-OH is 1. The van der Waals surface area contributed by atoms with Crippen molar-refractivity contribution in [3.63, 3.8) is 0 Å². The zero-order valence-corrected chi connectivity index (χ0v) is 15.7. The van der Waals surface area contributed by atoms with Gasteiger partial charge in [0, 0.05) is 5.56 Å². The van der Waals surface area contributed by atoms with Crippen molar-refractivity contribution in [3.8, 4) is 23.5 Å². The lowest BCUT2D eigenvalue weighted by atomic mass is 9.89. The van der Waals surface area contributed by atoms with Crippen molar-refractivity contribution in [2.75, 3.05) is 6.54 Å². The molecule has 0 spiro atoms. The number of amides is 1. The van der Waals surface area contributed by atoms with Gasteiger partial charge in [-0.25, -0.2) is 0 Å². The van der Waals surface area contributed by atoms with Crippen molar-refractivity contribution in [1.29, 1.82) is 0 Å². The SMILES string of the molecule is C#C/C(C(=O)NCC(=O)O)=C(/O)c1cccc(-c2ccccc2)c1/C(C)=C\C. The number of aliphatic hydroxyl groups is 1. The van der Waals surface area contributed by atoms with E-state index in [-0.39, 0.29) is 11.3 Å². The number of carbonyl (C=O) groups excluding carboxylic acids is 1. The Morgan fingerprint density at radius 2 is 1.79 bits per heavy atom. The van der Waals surface area contributed by atoms with Crippen molar-refractivity contribution in [1.82, 2.24) is 5.32 Å². The van der Waals surface area contributed by atoms with Crippen molar-refractivity contribution < 1.29 is 19.8 Å². The number of carboxylic acids is 1. The molecular formula is C23H21NO4. The lowest BCUT2D eigenvalue weighted by molar-refractivity contribution is -0.137. The van der Waals surface area contributed by atoms with Gasteiger partial charge in [0.15, 0.2) is 0 Å². The van der Waals surface area contributed by atoms with Gasteiger partial charge >= 0.3 is 5.97 Å². The third-order valence-corrected chi connectivity index (χ3v) is 4.24. The normalized spacial score (nSPS) is 12.0. The second-order valence-electron chi connectivity index (χ2n) is 6.01. The summed E-state index contributed by atoms with van der Waals surface area (Å²) in [6, 6.07) is 15.0. The molecule has 0 aliphatic carbocycles. The van der Waals surface area contributed by atoms with Crippen LogP contribution in [0.4, 0.5) is 0 Å². The van der Waals surface area contributed by atoms with Crippen LogP contribution in [0.3, 0.4) is 0 Å². The molecule has 2 aromatic carbocycles. The van der Waals surface area contributed by atoms with Crippen LogP contribution in [0.25, 0.3) is 22.5 Å². The molecule has 0 saturated heterocycles. The zero-order valence-electron chi connectivity index (χ0n) is 15.7. The summed E-state index contributed by atoms with van der Waals surface area (Å²) in [6.45, 7) is 3.18. The second-order valence-corrected chi connectivity index (χ2v) is 6.01. The van der Waals surface area contributed by atoms with Crippen molar-refractivity contribution in [2.45, 2.75) is 13.8 Å². The highest BCUT2D eigenvalue weighted by Crippen LogP contribution is 2.35. The van der Waals surface area contributed by atoms with Gasteiger partial charge in [0.05, 0.1) is 0 Å². The highest BCUT2D eigenvalue weighted by Gasteiger charge is 2.20. The molecule has 2 rings (SSSR count). The van der Waals surface area contributed by atoms with Gasteiger partial charge in [-0.05, 0) is 36.1 Å². The van der Waals surface area contributed by atoms with E-state index in [1.807, 2.05) is 56.3 Å². The molecule has 0 bridgehead atoms. The molecule has 5 nitrogen and oxygen atoms in total. The largest absolute Gasteiger partial charge is 0.506 e. The highest BCUT2D eigenvalue weighted by molar-refractivity contribution is 6.06. The number of hydrogen-bond acceptors (Lipinski definition) is 3. The Kier molecular flexibility index (Phi) is 6.78. The minimum atomic E-state index is -1.21. The minimum Gasteiger partial charge on any atom is -0.506 e. The van der Waals surface area contributed by atoms with Crippen LogP contribution in [-0.2, 0) is 9.59 Å². The summed E-state index contributed by atoms with van der Waals surface area (Å²) in [5.74, 6) is -0.233. The van der Waals surface area contributed by atoms with Crippen LogP contribution in [0, 0.1) is 12.3 Å². The Morgan fingerprint density at radius 1 is 1.11 bits per heavy atom. The first-order valence-electron chi connectivity index (χ1n) is 8.62. The van der Waals surface area contributed by atoms with Crippen molar-refractivity contribution in [2.24, 2.45) is 0 Å². The molecule has 142 valence electrons. The van der Waals surface area contributed by atoms with Crippen LogP contribution in [0.5, 0.6) is 0 Å². The first-order valence-corrected chi connectivity index (χ1v) is 8.62. The quantitative estimate of drug-likeness (QED) is 0.406. The number of aliphatic carboxylic acids is 1. The van der Waals surface area contributed by atoms with Crippen LogP contribution in [0.2, 0.25) is 0 Å². The molecule has 0 fully saturated rings. The Hall–Kier alpha value is -3.78. The average molecular weight is 375 g/mol. The molecular weight excluding hydrogens is 354 g/mol. The summed E-state index contributed by atoms with van der Waals surface area (Å²) in [6.07, 6.45) is 7.34. The third-order valence-electron chi connectivity index (χ3n) is 4.24. The maximum Gasteiger partial charge on any atom is 0.322 e. The van der Waals surface area contributed by atoms with E-state index >= 15 is 0 Å². The lowest BCUT2D eigenvalue weighted by Gasteiger charge is -2.16. The fourth-order valence-corrected chi connectivity index (χ4v) is 2.80. The Morgan fingerprint density at radius 3 is 2.36 bits per heavy atom. The summed E-state index contributed by atoms with van der Waals surface area (Å²) in [4.78, 5) is 22.9. The van der Waals surface area contributed by atoms with E-state index in [4.69, 9.17) is 11.5 Å². The average Bonchev–Trinajstić information content (AvgIpc) is 2.72. The summed E-state index contributed by atoms with van der Waals surface area (Å²) in [5.41, 5.74) is 3.54. The van der Waals surface area contributed by atoms with Gasteiger partial charge in [0.25, 0.3) is 5.91 Å². The Labute approximate surface area is 164 Å². The van der Waals surface area contributed by atoms with Crippen LogP contribution in [0.15, 0.2) is 60.2 Å². The highest BCUT2D eigenvalue weighted by atomic mass is 16.4. The van der Waals surface area contributed by atoms with Gasteiger partial charge in [-0.2, -0.15) is 0 Å². The zero-order chi connectivity index (χ0) is 20.7. The van der Waals surface area contributed by atoms with Gasteiger partial charge < -0.3 is 15.5 Å². The second kappa shape index (κ2) is 9.24. The lowest BCUT2D eigenvalue weighted by Crippen LogP contribution is -2.30. The molecule has 0 saturated carbocycles. The van der Waals surface area contributed by atoms with Crippen molar-refractivity contribution >= 4 is 23.2 Å². The summed E-state index contributed by atoms with van der Waals surface area (Å²) < 4.78 is 0. The van der Waals surface area contributed by atoms with E-state index in [0.29, 0.717) is 5.56 Å². The van der Waals surface area contributed by atoms with Gasteiger partial charge in [0.2, 0.25) is 0 Å². The fraction of sp³-hybridized carbons (Fsp3) is 0.130. The number of carbonyl (C=O) groups is 2. The predicted octanol–water partition coefficient (Wildman–Crippen LogP) is 3.88. The van der Waals surface area contributed by atoms with Gasteiger partial charge in [0.1, 0.15) is 17.9 Å². The van der Waals surface area contributed by atoms with Crippen LogP contribution < -0.4 is 5.32 Å². The number of carboxylic acid groups (broad SMARTS) is 1. The molecule has 0 unspecified atom stereocenters. The molecule has 3 N–H and O–H groups in total. The van der Waals surface area contributed by atoms with Gasteiger partial charge in [-0.15, -0.1) is 6.42 Å². The topological polar surface area (TPSA) is 86.6 Å². The molecule has 0 atom stereocenters. The van der Waals surface area contributed by atoms with Crippen LogP contribution in [0.1, 0.15) is 25.0 Å². The number of hydrogen-bond donors (Lipinski definition) is 3. The number of nitrogens with one attached hydrogen (secondary N) is 1. The van der Waals surface area contributed by atoms with Crippen molar-refractivity contribution in [3.05, 3.63) is 71.3 Å². The predicted molar refractivity (Wildman–Crippen MR) is 110 cm³/mol. The minimum absolute atomic E-state index is 0.323. The van der Waals surface area contributed by atoms with E-state index in [1.165, 1.54) is 0 Å². The first kappa shape index (κ1) is 20.5. The fourth-order valence-electron chi connectivity index (χ4n) is 2.80. The Bertz CT molecular complexity index is 995. The monoisotopic (exact) mass is 375 g/mol. The molecule has 0 aliphatic heterocycles. The summed E-state index contributed by atoms with van der Waals surface area (Å²) in [5, 5.41) is 21.7. The van der Waals surface area contributed by atoms with Crippen LogP contribution >= 0.6 is 0 Å². The maximum absolute atomic E-state index is 12.2. The van der Waals surface area contributed by atoms with Gasteiger partial charge in [-0.3, -0.25) is 9.59 Å². The summed E-state index contributed by atoms with van der Waals surface area (Å²) in [7, 11) is 0.